The van der Waals surface area contributed by atoms with Crippen LogP contribution in [0.25, 0.3) is 0 Å². The van der Waals surface area contributed by atoms with Crippen molar-refractivity contribution in [3.8, 4) is 0 Å². The van der Waals surface area contributed by atoms with Crippen LogP contribution in [0.3, 0.4) is 0 Å². The van der Waals surface area contributed by atoms with E-state index in [1.807, 2.05) is 24.9 Å². The van der Waals surface area contributed by atoms with Crippen molar-refractivity contribution in [2.45, 2.75) is 19.8 Å². The van der Waals surface area contributed by atoms with Crippen LogP contribution in [0, 0.1) is 6.92 Å². The molecule has 1 amide bonds. The second-order valence-electron chi connectivity index (χ2n) is 3.72. The van der Waals surface area contributed by atoms with Crippen molar-refractivity contribution in [1.82, 2.24) is 15.1 Å². The number of hydrogen-bond donors (Lipinski definition) is 1. The molecule has 5 nitrogen and oxygen atoms in total. The number of nitrogens with one attached hydrogen (secondary N) is 1. The van der Waals surface area contributed by atoms with Gasteiger partial charge in [0.05, 0.1) is 12.8 Å². The van der Waals surface area contributed by atoms with Crippen LogP contribution < -0.4 is 5.32 Å². The third-order valence-corrected chi connectivity index (χ3v) is 2.59. The third-order valence-electron chi connectivity index (χ3n) is 2.59. The highest BCUT2D eigenvalue weighted by atomic mass is 16.5. The van der Waals surface area contributed by atoms with E-state index >= 15 is 0 Å². The molecule has 1 N–H and O–H groups in total. The highest BCUT2D eigenvalue weighted by molar-refractivity contribution is 5.76. The van der Waals surface area contributed by atoms with E-state index in [0.717, 1.165) is 17.7 Å². The smallest absolute Gasteiger partial charge is 0.220 e. The van der Waals surface area contributed by atoms with Gasteiger partial charge in [0.1, 0.15) is 0 Å². The predicted octanol–water partition coefficient (Wildman–Crippen LogP) is 0.424. The predicted molar refractivity (Wildman–Crippen MR) is 61.2 cm³/mol. The number of carbonyl (C=O) groups excluding carboxylic acids is 1. The molecule has 5 heteroatoms. The van der Waals surface area contributed by atoms with E-state index in [1.54, 1.807) is 7.11 Å². The summed E-state index contributed by atoms with van der Waals surface area (Å²) in [6.07, 6.45) is 3.05. The summed E-state index contributed by atoms with van der Waals surface area (Å²) >= 11 is 0. The van der Waals surface area contributed by atoms with Crippen molar-refractivity contribution >= 4 is 5.91 Å². The highest BCUT2D eigenvalue weighted by Crippen LogP contribution is 2.07. The van der Waals surface area contributed by atoms with E-state index in [9.17, 15) is 4.79 Å². The topological polar surface area (TPSA) is 56.1 Å². The summed E-state index contributed by atoms with van der Waals surface area (Å²) in [5, 5.41) is 6.92. The highest BCUT2D eigenvalue weighted by Gasteiger charge is 2.06. The minimum atomic E-state index is 0.0558. The maximum atomic E-state index is 11.4. The molecule has 0 bridgehead atoms. The number of methoxy groups -OCH3 is 1. The van der Waals surface area contributed by atoms with Crippen LogP contribution in [0.15, 0.2) is 6.20 Å². The van der Waals surface area contributed by atoms with Gasteiger partial charge in [-0.25, -0.2) is 0 Å². The Morgan fingerprint density at radius 2 is 2.38 bits per heavy atom. The van der Waals surface area contributed by atoms with Crippen LogP contribution in [0.4, 0.5) is 0 Å². The lowest BCUT2D eigenvalue weighted by molar-refractivity contribution is -0.121. The van der Waals surface area contributed by atoms with Gasteiger partial charge in [-0.15, -0.1) is 0 Å². The lowest BCUT2D eigenvalue weighted by Gasteiger charge is -2.04. The first-order valence-corrected chi connectivity index (χ1v) is 5.38. The zero-order chi connectivity index (χ0) is 12.0. The van der Waals surface area contributed by atoms with Crippen molar-refractivity contribution < 1.29 is 9.53 Å². The molecule has 1 aromatic rings. The number of aryl methyl sites for hydroxylation is 2. The summed E-state index contributed by atoms with van der Waals surface area (Å²) in [6.45, 7) is 3.13. The van der Waals surface area contributed by atoms with Crippen LogP contribution in [0.5, 0.6) is 0 Å². The number of amides is 1. The first-order valence-electron chi connectivity index (χ1n) is 5.38. The molecule has 0 aromatic carbocycles. The van der Waals surface area contributed by atoms with Crippen LogP contribution in [-0.4, -0.2) is 35.9 Å². The van der Waals surface area contributed by atoms with Crippen LogP contribution in [-0.2, 0) is 23.0 Å². The lowest BCUT2D eigenvalue weighted by Crippen LogP contribution is -2.27. The molecule has 1 rings (SSSR count). The lowest BCUT2D eigenvalue weighted by atomic mass is 10.1. The number of hydrogen-bond acceptors (Lipinski definition) is 3. The summed E-state index contributed by atoms with van der Waals surface area (Å²) in [6, 6.07) is 0. The fourth-order valence-electron chi connectivity index (χ4n) is 1.42. The zero-order valence-electron chi connectivity index (χ0n) is 10.1. The zero-order valence-corrected chi connectivity index (χ0v) is 10.1. The van der Waals surface area contributed by atoms with Crippen molar-refractivity contribution in [1.29, 1.82) is 0 Å². The minimum absolute atomic E-state index is 0.0558. The van der Waals surface area contributed by atoms with E-state index in [1.165, 1.54) is 0 Å². The molecule has 0 spiro atoms. The molecule has 0 saturated carbocycles. The molecule has 1 heterocycles. The molecule has 0 unspecified atom stereocenters. The largest absolute Gasteiger partial charge is 0.383 e. The molecular weight excluding hydrogens is 206 g/mol. The number of rotatable bonds is 6. The normalized spacial score (nSPS) is 10.4. The second-order valence-corrected chi connectivity index (χ2v) is 3.72. The van der Waals surface area contributed by atoms with E-state index < -0.39 is 0 Å². The Labute approximate surface area is 95.8 Å². The average molecular weight is 225 g/mol. The maximum Gasteiger partial charge on any atom is 0.220 e. The Hall–Kier alpha value is -1.36. The van der Waals surface area contributed by atoms with Gasteiger partial charge in [-0.3, -0.25) is 9.48 Å². The molecule has 0 saturated heterocycles. The van der Waals surface area contributed by atoms with Gasteiger partial charge in [0.2, 0.25) is 5.91 Å². The molecule has 16 heavy (non-hydrogen) atoms. The van der Waals surface area contributed by atoms with E-state index in [2.05, 4.69) is 10.4 Å². The van der Waals surface area contributed by atoms with Crippen molar-refractivity contribution in [2.24, 2.45) is 7.05 Å². The monoisotopic (exact) mass is 225 g/mol. The fraction of sp³-hybridized carbons (Fsp3) is 0.636. The number of ether oxygens (including phenoxy) is 1. The SMILES string of the molecule is COCCNC(=O)CCc1cnn(C)c1C. The van der Waals surface area contributed by atoms with Gasteiger partial charge < -0.3 is 10.1 Å². The van der Waals surface area contributed by atoms with E-state index in [4.69, 9.17) is 4.74 Å². The molecule has 0 atom stereocenters. The van der Waals surface area contributed by atoms with Crippen LogP contribution >= 0.6 is 0 Å². The van der Waals surface area contributed by atoms with Gasteiger partial charge in [0.25, 0.3) is 0 Å². The van der Waals surface area contributed by atoms with Crippen molar-refractivity contribution in [3.05, 3.63) is 17.5 Å². The quantitative estimate of drug-likeness (QED) is 0.714. The van der Waals surface area contributed by atoms with Gasteiger partial charge in [0, 0.05) is 32.8 Å². The summed E-state index contributed by atoms with van der Waals surface area (Å²) in [5.74, 6) is 0.0558. The van der Waals surface area contributed by atoms with Gasteiger partial charge in [-0.2, -0.15) is 5.10 Å². The number of aromatic nitrogens is 2. The Kier molecular flexibility index (Phi) is 4.98. The summed E-state index contributed by atoms with van der Waals surface area (Å²) in [5.41, 5.74) is 2.24. The second kappa shape index (κ2) is 6.27. The minimum Gasteiger partial charge on any atom is -0.383 e. The molecule has 0 aliphatic heterocycles. The van der Waals surface area contributed by atoms with Crippen LogP contribution in [0.1, 0.15) is 17.7 Å². The maximum absolute atomic E-state index is 11.4. The first kappa shape index (κ1) is 12.7. The van der Waals surface area contributed by atoms with Crippen molar-refractivity contribution in [2.75, 3.05) is 20.3 Å². The number of nitrogens with zero attached hydrogens (tertiary/aromatic N) is 2. The summed E-state index contributed by atoms with van der Waals surface area (Å²) < 4.78 is 6.67. The Balaban J connectivity index is 2.29. The van der Waals surface area contributed by atoms with Gasteiger partial charge in [0.15, 0.2) is 0 Å². The summed E-state index contributed by atoms with van der Waals surface area (Å²) in [4.78, 5) is 11.4. The Morgan fingerprint density at radius 1 is 1.62 bits per heavy atom. The molecule has 90 valence electrons. The number of carbonyl (C=O) groups is 1. The Bertz CT molecular complexity index is 347. The van der Waals surface area contributed by atoms with Crippen molar-refractivity contribution in [3.63, 3.8) is 0 Å². The van der Waals surface area contributed by atoms with E-state index in [-0.39, 0.29) is 5.91 Å². The fourth-order valence-corrected chi connectivity index (χ4v) is 1.42. The Morgan fingerprint density at radius 3 is 2.94 bits per heavy atom. The standard InChI is InChI=1S/C11H19N3O2/c1-9-10(8-13-14(9)2)4-5-11(15)12-6-7-16-3/h8H,4-7H2,1-3H3,(H,12,15). The van der Waals surface area contributed by atoms with Crippen LogP contribution in [0.2, 0.25) is 0 Å². The third kappa shape index (κ3) is 3.66. The average Bonchev–Trinajstić information content (AvgIpc) is 2.58. The van der Waals surface area contributed by atoms with Gasteiger partial charge in [-0.05, 0) is 18.9 Å². The van der Waals surface area contributed by atoms with Gasteiger partial charge in [-0.1, -0.05) is 0 Å². The molecule has 0 radical (unpaired) electrons. The first-order chi connectivity index (χ1) is 7.65. The van der Waals surface area contributed by atoms with Gasteiger partial charge >= 0.3 is 0 Å². The molecule has 0 fully saturated rings. The molecule has 1 aromatic heterocycles. The van der Waals surface area contributed by atoms with E-state index in [0.29, 0.717) is 19.6 Å². The molecule has 0 aliphatic carbocycles. The molecular formula is C11H19N3O2. The molecule has 0 aliphatic rings. The summed E-state index contributed by atoms with van der Waals surface area (Å²) in [7, 11) is 3.52.